The molecule has 10 nitrogen and oxygen atoms in total. The van der Waals surface area contributed by atoms with Gasteiger partial charge in [-0.2, -0.15) is 4.68 Å². The number of carbonyl (C=O) groups is 1. The van der Waals surface area contributed by atoms with Gasteiger partial charge in [0.2, 0.25) is 16.0 Å². The molecule has 12 heteroatoms. The van der Waals surface area contributed by atoms with E-state index in [-0.39, 0.29) is 22.9 Å². The molecule has 0 saturated heterocycles. The van der Waals surface area contributed by atoms with Gasteiger partial charge in [-0.1, -0.05) is 23.3 Å². The highest BCUT2D eigenvalue weighted by atomic mass is 32.2. The highest BCUT2D eigenvalue weighted by Gasteiger charge is 2.24. The molecular formula is C15H16N6O4S2. The molecule has 0 aliphatic carbocycles. The van der Waals surface area contributed by atoms with Gasteiger partial charge in [-0.05, 0) is 34.0 Å². The van der Waals surface area contributed by atoms with Gasteiger partial charge in [-0.15, -0.1) is 11.3 Å². The largest absolute Gasteiger partial charge is 0.465 e. The summed E-state index contributed by atoms with van der Waals surface area (Å²) in [5.41, 5.74) is 0.770. The highest BCUT2D eigenvalue weighted by molar-refractivity contribution is 7.89. The van der Waals surface area contributed by atoms with Crippen LogP contribution in [0, 0.1) is 0 Å². The van der Waals surface area contributed by atoms with Crippen LogP contribution in [0.4, 0.5) is 5.95 Å². The number of rotatable bonds is 8. The first-order chi connectivity index (χ1) is 13.0. The third-order valence-corrected chi connectivity index (χ3v) is 5.99. The molecule has 0 saturated carbocycles. The maximum absolute atomic E-state index is 12.4. The first kappa shape index (κ1) is 18.9. The van der Waals surface area contributed by atoms with Crippen LogP contribution in [0.1, 0.15) is 9.67 Å². The Morgan fingerprint density at radius 1 is 1.22 bits per heavy atom. The minimum absolute atomic E-state index is 0.0333. The summed E-state index contributed by atoms with van der Waals surface area (Å²) < 4.78 is 33.3. The third kappa shape index (κ3) is 4.30. The summed E-state index contributed by atoms with van der Waals surface area (Å²) >= 11 is 1.01. The van der Waals surface area contributed by atoms with Crippen molar-refractivity contribution in [2.24, 2.45) is 0 Å². The standard InChI is InChI=1S/C15H16N6O4S2/c1-25-14(22)13-12(7-10-26-13)27(23,24)17-9-8-16-15-18-19-20-21(15)11-5-3-2-4-6-11/h2-7,10,17H,8-9H2,1H3,(H,16,18,20). The predicted octanol–water partition coefficient (Wildman–Crippen LogP) is 0.901. The second-order valence-electron chi connectivity index (χ2n) is 5.18. The molecular weight excluding hydrogens is 392 g/mol. The van der Waals surface area contributed by atoms with E-state index in [4.69, 9.17) is 0 Å². The molecule has 0 radical (unpaired) electrons. The number of methoxy groups -OCH3 is 1. The highest BCUT2D eigenvalue weighted by Crippen LogP contribution is 2.22. The van der Waals surface area contributed by atoms with Crippen molar-refractivity contribution in [3.63, 3.8) is 0 Å². The molecule has 2 aromatic heterocycles. The smallest absolute Gasteiger partial charge is 0.349 e. The molecule has 0 bridgehead atoms. The lowest BCUT2D eigenvalue weighted by atomic mass is 10.3. The van der Waals surface area contributed by atoms with Crippen LogP contribution in [-0.4, -0.2) is 54.8 Å². The van der Waals surface area contributed by atoms with Gasteiger partial charge in [0.15, 0.2) is 0 Å². The summed E-state index contributed by atoms with van der Waals surface area (Å²) in [5, 5.41) is 15.9. The molecule has 3 aromatic rings. The van der Waals surface area contributed by atoms with Gasteiger partial charge in [0, 0.05) is 13.1 Å². The number of carbonyl (C=O) groups excluding carboxylic acids is 1. The molecule has 0 fully saturated rings. The number of nitrogens with one attached hydrogen (secondary N) is 2. The van der Waals surface area contributed by atoms with Crippen molar-refractivity contribution >= 4 is 33.3 Å². The molecule has 2 heterocycles. The summed E-state index contributed by atoms with van der Waals surface area (Å²) in [7, 11) is -2.64. The number of thiophene rings is 1. The van der Waals surface area contributed by atoms with E-state index in [1.807, 2.05) is 30.3 Å². The molecule has 27 heavy (non-hydrogen) atoms. The number of sulfonamides is 1. The lowest BCUT2D eigenvalue weighted by Crippen LogP contribution is -2.30. The third-order valence-electron chi connectivity index (χ3n) is 3.46. The van der Waals surface area contributed by atoms with Crippen molar-refractivity contribution in [1.82, 2.24) is 24.9 Å². The Labute approximate surface area is 159 Å². The second kappa shape index (κ2) is 8.24. The van der Waals surface area contributed by atoms with Gasteiger partial charge >= 0.3 is 5.97 Å². The van der Waals surface area contributed by atoms with E-state index in [1.165, 1.54) is 23.2 Å². The lowest BCUT2D eigenvalue weighted by molar-refractivity contribution is 0.0602. The Bertz CT molecular complexity index is 1020. The zero-order chi connectivity index (χ0) is 19.3. The summed E-state index contributed by atoms with van der Waals surface area (Å²) in [6.07, 6.45) is 0. The average Bonchev–Trinajstić information content (AvgIpc) is 3.35. The maximum Gasteiger partial charge on any atom is 0.349 e. The fourth-order valence-electron chi connectivity index (χ4n) is 2.23. The van der Waals surface area contributed by atoms with Gasteiger partial charge in [-0.25, -0.2) is 17.9 Å². The van der Waals surface area contributed by atoms with E-state index >= 15 is 0 Å². The second-order valence-corrected chi connectivity index (χ2v) is 7.83. The van der Waals surface area contributed by atoms with Crippen LogP contribution in [0.5, 0.6) is 0 Å². The van der Waals surface area contributed by atoms with Gasteiger partial charge < -0.3 is 10.1 Å². The number of para-hydroxylation sites is 1. The van der Waals surface area contributed by atoms with Crippen LogP contribution in [0.2, 0.25) is 0 Å². The molecule has 3 rings (SSSR count). The Morgan fingerprint density at radius 2 is 2.00 bits per heavy atom. The molecule has 0 aliphatic rings. The van der Waals surface area contributed by atoms with Crippen molar-refractivity contribution in [2.45, 2.75) is 4.90 Å². The minimum Gasteiger partial charge on any atom is -0.465 e. The maximum atomic E-state index is 12.4. The van der Waals surface area contributed by atoms with Crippen LogP contribution in [0.25, 0.3) is 5.69 Å². The monoisotopic (exact) mass is 408 g/mol. The topological polar surface area (TPSA) is 128 Å². The Hall–Kier alpha value is -2.83. The number of tetrazole rings is 1. The lowest BCUT2D eigenvalue weighted by Gasteiger charge is -2.09. The van der Waals surface area contributed by atoms with Crippen LogP contribution in [0.3, 0.4) is 0 Å². The Balaban J connectivity index is 1.61. The van der Waals surface area contributed by atoms with E-state index in [0.717, 1.165) is 17.0 Å². The summed E-state index contributed by atoms with van der Waals surface area (Å²) in [6.45, 7) is 0.310. The molecule has 0 spiro atoms. The van der Waals surface area contributed by atoms with E-state index in [2.05, 4.69) is 30.3 Å². The number of nitrogens with zero attached hydrogens (tertiary/aromatic N) is 4. The molecule has 0 amide bonds. The van der Waals surface area contributed by atoms with Crippen LogP contribution in [0.15, 0.2) is 46.7 Å². The number of ether oxygens (including phenoxy) is 1. The van der Waals surface area contributed by atoms with Gasteiger partial charge in [0.05, 0.1) is 12.8 Å². The van der Waals surface area contributed by atoms with Crippen LogP contribution >= 0.6 is 11.3 Å². The first-order valence-electron chi connectivity index (χ1n) is 7.76. The van der Waals surface area contributed by atoms with E-state index < -0.39 is 16.0 Å². The number of hydrogen-bond donors (Lipinski definition) is 2. The van der Waals surface area contributed by atoms with Crippen molar-refractivity contribution < 1.29 is 17.9 Å². The summed E-state index contributed by atoms with van der Waals surface area (Å²) in [4.78, 5) is 11.6. The predicted molar refractivity (Wildman–Crippen MR) is 98.5 cm³/mol. The van der Waals surface area contributed by atoms with Crippen LogP contribution in [-0.2, 0) is 14.8 Å². The minimum atomic E-state index is -3.84. The first-order valence-corrected chi connectivity index (χ1v) is 10.1. The van der Waals surface area contributed by atoms with Crippen molar-refractivity contribution in [1.29, 1.82) is 0 Å². The fourth-order valence-corrected chi connectivity index (χ4v) is 4.59. The summed E-state index contributed by atoms with van der Waals surface area (Å²) in [5.74, 6) is -0.309. The number of aromatic nitrogens is 4. The van der Waals surface area contributed by atoms with Crippen molar-refractivity contribution in [2.75, 3.05) is 25.5 Å². The molecule has 1 aromatic carbocycles. The molecule has 0 aliphatic heterocycles. The molecule has 0 atom stereocenters. The van der Waals surface area contributed by atoms with Crippen LogP contribution < -0.4 is 10.0 Å². The zero-order valence-electron chi connectivity index (χ0n) is 14.2. The van der Waals surface area contributed by atoms with Gasteiger partial charge in [0.1, 0.15) is 9.77 Å². The molecule has 0 unspecified atom stereocenters. The van der Waals surface area contributed by atoms with Gasteiger partial charge in [0.25, 0.3) is 0 Å². The van der Waals surface area contributed by atoms with Crippen molar-refractivity contribution in [3.8, 4) is 5.69 Å². The number of esters is 1. The van der Waals surface area contributed by atoms with Gasteiger partial charge in [-0.3, -0.25) is 0 Å². The van der Waals surface area contributed by atoms with E-state index in [0.29, 0.717) is 5.95 Å². The molecule has 2 N–H and O–H groups in total. The van der Waals surface area contributed by atoms with Crippen molar-refractivity contribution in [3.05, 3.63) is 46.7 Å². The molecule has 142 valence electrons. The Morgan fingerprint density at radius 3 is 2.74 bits per heavy atom. The zero-order valence-corrected chi connectivity index (χ0v) is 15.8. The van der Waals surface area contributed by atoms with E-state index in [9.17, 15) is 13.2 Å². The summed E-state index contributed by atoms with van der Waals surface area (Å²) in [6, 6.07) is 10.6. The number of benzene rings is 1. The number of anilines is 1. The fraction of sp³-hybridized carbons (Fsp3) is 0.200. The number of hydrogen-bond acceptors (Lipinski definition) is 9. The SMILES string of the molecule is COC(=O)c1sccc1S(=O)(=O)NCCNc1nnnn1-c1ccccc1. The van der Waals surface area contributed by atoms with E-state index in [1.54, 1.807) is 0 Å². The average molecular weight is 408 g/mol. The Kier molecular flexibility index (Phi) is 5.78. The normalized spacial score (nSPS) is 11.3. The quantitative estimate of drug-likeness (QED) is 0.416.